The fraction of sp³-hybridized carbons (Fsp3) is 0.889. The molecule has 0 saturated heterocycles. The highest BCUT2D eigenvalue weighted by Gasteiger charge is 1.95. The Bertz CT molecular complexity index is 86.2. The molecule has 1 amide bonds. The highest BCUT2D eigenvalue weighted by atomic mass is 16.1. The van der Waals surface area contributed by atoms with Gasteiger partial charge in [-0.1, -0.05) is 38.5 Å². The Morgan fingerprint density at radius 3 is 1.27 bits per heavy atom. The van der Waals surface area contributed by atoms with Crippen molar-refractivity contribution in [1.29, 1.82) is 0 Å². The zero-order valence-corrected chi connectivity index (χ0v) is 7.65. The molecule has 1 aliphatic carbocycles. The first-order valence-corrected chi connectivity index (χ1v) is 4.45. The number of hydrogen-bond donors (Lipinski definition) is 1. The number of carbonyl (C=O) groups is 1. The lowest BCUT2D eigenvalue weighted by atomic mass is 10.0. The summed E-state index contributed by atoms with van der Waals surface area (Å²) in [6, 6.07) is 0. The molecule has 1 N–H and O–H groups in total. The monoisotopic (exact) mass is 157 g/mol. The molecule has 2 heteroatoms. The molecular formula is C9H19NO. The maximum atomic E-state index is 9.70. The lowest BCUT2D eigenvalue weighted by Crippen LogP contribution is -2.11. The first-order valence-electron chi connectivity index (χ1n) is 4.45. The molecule has 0 heterocycles. The summed E-state index contributed by atoms with van der Waals surface area (Å²) in [5.74, 6) is 0.00463. The second kappa shape index (κ2) is 7.58. The molecule has 0 aromatic carbocycles. The van der Waals surface area contributed by atoms with E-state index in [0.717, 1.165) is 0 Å². The van der Waals surface area contributed by atoms with Crippen LogP contribution in [0.25, 0.3) is 0 Å². The van der Waals surface area contributed by atoms with Gasteiger partial charge in [-0.3, -0.25) is 4.79 Å². The zero-order valence-electron chi connectivity index (χ0n) is 7.65. The predicted octanol–water partition coefficient (Wildman–Crippen LogP) is 2.09. The van der Waals surface area contributed by atoms with Gasteiger partial charge in [0, 0.05) is 14.0 Å². The fourth-order valence-electron chi connectivity index (χ4n) is 1.06. The largest absolute Gasteiger partial charge is 0.359 e. The average Bonchev–Trinajstić information content (AvgIpc) is 2.09. The molecule has 1 fully saturated rings. The molecule has 0 aromatic rings. The lowest BCUT2D eigenvalue weighted by molar-refractivity contribution is -0.118. The van der Waals surface area contributed by atoms with Crippen LogP contribution in [0.3, 0.4) is 0 Å². The van der Waals surface area contributed by atoms with E-state index >= 15 is 0 Å². The number of nitrogens with one attached hydrogen (secondary N) is 1. The minimum atomic E-state index is 0.00463. The molecule has 1 saturated carbocycles. The number of carbonyl (C=O) groups excluding carboxylic acids is 1. The van der Waals surface area contributed by atoms with E-state index < -0.39 is 0 Å². The first kappa shape index (κ1) is 10.5. The van der Waals surface area contributed by atoms with Crippen LogP contribution >= 0.6 is 0 Å². The third kappa shape index (κ3) is 9.47. The van der Waals surface area contributed by atoms with E-state index in [1.165, 1.54) is 45.4 Å². The van der Waals surface area contributed by atoms with E-state index in [9.17, 15) is 4.79 Å². The van der Waals surface area contributed by atoms with Gasteiger partial charge >= 0.3 is 0 Å². The van der Waals surface area contributed by atoms with Gasteiger partial charge in [0.1, 0.15) is 0 Å². The predicted molar refractivity (Wildman–Crippen MR) is 47.4 cm³/mol. The molecule has 0 atom stereocenters. The van der Waals surface area contributed by atoms with Crippen molar-refractivity contribution in [2.75, 3.05) is 7.05 Å². The normalized spacial score (nSPS) is 16.2. The van der Waals surface area contributed by atoms with Crippen LogP contribution in [0.5, 0.6) is 0 Å². The third-order valence-electron chi connectivity index (χ3n) is 1.85. The Morgan fingerprint density at radius 1 is 1.00 bits per heavy atom. The van der Waals surface area contributed by atoms with E-state index in [4.69, 9.17) is 0 Å². The van der Waals surface area contributed by atoms with Crippen molar-refractivity contribution in [2.45, 2.75) is 45.4 Å². The van der Waals surface area contributed by atoms with Gasteiger partial charge in [0.05, 0.1) is 0 Å². The van der Waals surface area contributed by atoms with Gasteiger partial charge in [-0.2, -0.15) is 0 Å². The van der Waals surface area contributed by atoms with Gasteiger partial charge in [0.2, 0.25) is 5.91 Å². The van der Waals surface area contributed by atoms with Crippen LogP contribution in [0.2, 0.25) is 0 Å². The highest BCUT2D eigenvalue weighted by molar-refractivity contribution is 5.72. The minimum Gasteiger partial charge on any atom is -0.359 e. The highest BCUT2D eigenvalue weighted by Crippen LogP contribution is 2.15. The summed E-state index contributed by atoms with van der Waals surface area (Å²) < 4.78 is 0. The molecule has 0 aliphatic heterocycles. The number of amides is 1. The Kier molecular flexibility index (Phi) is 7.21. The van der Waals surface area contributed by atoms with E-state index in [-0.39, 0.29) is 5.91 Å². The number of rotatable bonds is 0. The van der Waals surface area contributed by atoms with Gasteiger partial charge in [0.25, 0.3) is 0 Å². The SMILES string of the molecule is C1CCCCC1.CNC(C)=O. The molecule has 2 nitrogen and oxygen atoms in total. The van der Waals surface area contributed by atoms with E-state index in [0.29, 0.717) is 0 Å². The first-order chi connectivity index (χ1) is 5.27. The Hall–Kier alpha value is -0.530. The second-order valence-corrected chi connectivity index (χ2v) is 2.93. The van der Waals surface area contributed by atoms with Crippen molar-refractivity contribution in [1.82, 2.24) is 5.32 Å². The second-order valence-electron chi connectivity index (χ2n) is 2.93. The van der Waals surface area contributed by atoms with Crippen LogP contribution < -0.4 is 5.32 Å². The summed E-state index contributed by atoms with van der Waals surface area (Å²) in [4.78, 5) is 9.70. The van der Waals surface area contributed by atoms with Crippen molar-refractivity contribution in [2.24, 2.45) is 0 Å². The molecule has 1 aliphatic rings. The van der Waals surface area contributed by atoms with Crippen molar-refractivity contribution >= 4 is 5.91 Å². The molecule has 0 spiro atoms. The van der Waals surface area contributed by atoms with Crippen LogP contribution in [0.4, 0.5) is 0 Å². The quantitative estimate of drug-likeness (QED) is 0.573. The Morgan fingerprint density at radius 2 is 1.18 bits per heavy atom. The summed E-state index contributed by atoms with van der Waals surface area (Å²) in [6.45, 7) is 1.47. The standard InChI is InChI=1S/C6H12.C3H7NO/c1-2-4-6-5-3-1;1-3(5)4-2/h1-6H2;1-2H3,(H,4,5). The van der Waals surface area contributed by atoms with E-state index in [1.54, 1.807) is 7.05 Å². The van der Waals surface area contributed by atoms with Gasteiger partial charge in [-0.15, -0.1) is 0 Å². The molecule has 0 radical (unpaired) electrons. The summed E-state index contributed by atoms with van der Waals surface area (Å²) in [5.41, 5.74) is 0. The lowest BCUT2D eigenvalue weighted by Gasteiger charge is -2.05. The van der Waals surface area contributed by atoms with Crippen LogP contribution in [-0.4, -0.2) is 13.0 Å². The van der Waals surface area contributed by atoms with Gasteiger partial charge in [-0.05, 0) is 0 Å². The van der Waals surface area contributed by atoms with Crippen LogP contribution in [0.1, 0.15) is 45.4 Å². The zero-order chi connectivity index (χ0) is 8.53. The van der Waals surface area contributed by atoms with Crippen LogP contribution in [0.15, 0.2) is 0 Å². The minimum absolute atomic E-state index is 0.00463. The summed E-state index contributed by atoms with van der Waals surface area (Å²) >= 11 is 0. The molecule has 1 rings (SSSR count). The molecule has 11 heavy (non-hydrogen) atoms. The maximum absolute atomic E-state index is 9.70. The van der Waals surface area contributed by atoms with Crippen molar-refractivity contribution in [3.63, 3.8) is 0 Å². The maximum Gasteiger partial charge on any atom is 0.216 e. The average molecular weight is 157 g/mol. The smallest absolute Gasteiger partial charge is 0.216 e. The van der Waals surface area contributed by atoms with Crippen molar-refractivity contribution < 1.29 is 4.79 Å². The fourth-order valence-corrected chi connectivity index (χ4v) is 1.06. The number of hydrogen-bond acceptors (Lipinski definition) is 1. The van der Waals surface area contributed by atoms with Crippen LogP contribution in [0, 0.1) is 0 Å². The Balaban J connectivity index is 0.000000187. The van der Waals surface area contributed by atoms with E-state index in [1.807, 2.05) is 0 Å². The molecule has 0 bridgehead atoms. The van der Waals surface area contributed by atoms with Crippen molar-refractivity contribution in [3.05, 3.63) is 0 Å². The summed E-state index contributed by atoms with van der Waals surface area (Å²) in [5, 5.41) is 2.39. The summed E-state index contributed by atoms with van der Waals surface area (Å²) in [7, 11) is 1.60. The van der Waals surface area contributed by atoms with Gasteiger partial charge in [-0.25, -0.2) is 0 Å². The molecule has 0 unspecified atom stereocenters. The van der Waals surface area contributed by atoms with E-state index in [2.05, 4.69) is 5.32 Å². The topological polar surface area (TPSA) is 29.1 Å². The van der Waals surface area contributed by atoms with Crippen LogP contribution in [-0.2, 0) is 4.79 Å². The molecule has 0 aromatic heterocycles. The van der Waals surface area contributed by atoms with Crippen molar-refractivity contribution in [3.8, 4) is 0 Å². The molecule has 66 valence electrons. The third-order valence-corrected chi connectivity index (χ3v) is 1.85. The van der Waals surface area contributed by atoms with Gasteiger partial charge < -0.3 is 5.32 Å². The Labute approximate surface area is 69.4 Å². The van der Waals surface area contributed by atoms with Gasteiger partial charge in [0.15, 0.2) is 0 Å². The molecular weight excluding hydrogens is 138 g/mol. The summed E-state index contributed by atoms with van der Waals surface area (Å²) in [6.07, 6.45) is 9.00.